The van der Waals surface area contributed by atoms with E-state index in [2.05, 4.69) is 20.2 Å². The zero-order valence-electron chi connectivity index (χ0n) is 13.5. The average Bonchev–Trinajstić information content (AvgIpc) is 3.29. The largest absolute Gasteiger partial charge is 0.348 e. The van der Waals surface area contributed by atoms with Crippen molar-refractivity contribution >= 4 is 15.9 Å². The number of hydrogen-bond donors (Lipinski definition) is 2. The van der Waals surface area contributed by atoms with Gasteiger partial charge in [0.2, 0.25) is 21.8 Å². The normalized spacial score (nSPS) is 14.5. The van der Waals surface area contributed by atoms with Gasteiger partial charge in [-0.15, -0.1) is 0 Å². The number of sulfonamides is 1. The van der Waals surface area contributed by atoms with Crippen LogP contribution in [0.2, 0.25) is 0 Å². The highest BCUT2D eigenvalue weighted by Crippen LogP contribution is 2.38. The maximum Gasteiger partial charge on any atom is 0.241 e. The zero-order valence-corrected chi connectivity index (χ0v) is 14.3. The lowest BCUT2D eigenvalue weighted by Gasteiger charge is -2.09. The summed E-state index contributed by atoms with van der Waals surface area (Å²) in [6, 6.07) is 3.32. The molecule has 0 atom stereocenters. The van der Waals surface area contributed by atoms with E-state index in [9.17, 15) is 17.6 Å². The molecular formula is C15H17FN4O4S. The van der Waals surface area contributed by atoms with Gasteiger partial charge in [0, 0.05) is 5.92 Å². The molecule has 3 rings (SSSR count). The Morgan fingerprint density at radius 3 is 2.84 bits per heavy atom. The summed E-state index contributed by atoms with van der Waals surface area (Å²) in [6.45, 7) is 1.07. The minimum absolute atomic E-state index is 0.0480. The van der Waals surface area contributed by atoms with Crippen LogP contribution in [0, 0.1) is 12.7 Å². The molecule has 1 saturated carbocycles. The summed E-state index contributed by atoms with van der Waals surface area (Å²) in [5, 5.41) is 6.26. The van der Waals surface area contributed by atoms with Gasteiger partial charge >= 0.3 is 0 Å². The first-order valence-corrected chi connectivity index (χ1v) is 9.18. The molecule has 0 radical (unpaired) electrons. The Morgan fingerprint density at radius 2 is 2.16 bits per heavy atom. The van der Waals surface area contributed by atoms with Gasteiger partial charge in [0.25, 0.3) is 0 Å². The number of nitrogens with one attached hydrogen (secondary N) is 2. The van der Waals surface area contributed by atoms with Crippen molar-refractivity contribution in [2.75, 3.05) is 6.54 Å². The Hall–Kier alpha value is -2.33. The number of carbonyl (C=O) groups is 1. The van der Waals surface area contributed by atoms with Crippen LogP contribution in [0.15, 0.2) is 27.6 Å². The standard InChI is InChI=1S/C15H17FN4O4S/c1-9-6-11(16)4-5-12(9)25(22,23)18-8-14(21)17-7-13-19-15(24-20-13)10-2-3-10/h4-6,10,18H,2-3,7-8H2,1H3,(H,17,21). The van der Waals surface area contributed by atoms with Gasteiger partial charge in [0.1, 0.15) is 5.82 Å². The van der Waals surface area contributed by atoms with Gasteiger partial charge in [-0.05, 0) is 43.5 Å². The first kappa shape index (κ1) is 17.5. The van der Waals surface area contributed by atoms with Crippen molar-refractivity contribution < 1.29 is 22.1 Å². The minimum Gasteiger partial charge on any atom is -0.348 e. The Labute approximate surface area is 143 Å². The van der Waals surface area contributed by atoms with Crippen LogP contribution in [-0.4, -0.2) is 31.0 Å². The van der Waals surface area contributed by atoms with Crippen molar-refractivity contribution in [2.24, 2.45) is 0 Å². The van der Waals surface area contributed by atoms with Crippen LogP contribution in [0.3, 0.4) is 0 Å². The number of amides is 1. The van der Waals surface area contributed by atoms with Crippen molar-refractivity contribution in [3.63, 3.8) is 0 Å². The predicted octanol–water partition coefficient (Wildman–Crippen LogP) is 0.989. The highest BCUT2D eigenvalue weighted by Gasteiger charge is 2.29. The molecule has 8 nitrogen and oxygen atoms in total. The fraction of sp³-hybridized carbons (Fsp3) is 0.400. The van der Waals surface area contributed by atoms with Crippen LogP contribution >= 0.6 is 0 Å². The predicted molar refractivity (Wildman–Crippen MR) is 84.4 cm³/mol. The molecule has 134 valence electrons. The number of carbonyl (C=O) groups excluding carboxylic acids is 1. The molecular weight excluding hydrogens is 351 g/mol. The molecule has 25 heavy (non-hydrogen) atoms. The fourth-order valence-corrected chi connectivity index (χ4v) is 3.43. The lowest BCUT2D eigenvalue weighted by atomic mass is 10.2. The van der Waals surface area contributed by atoms with E-state index in [0.717, 1.165) is 31.0 Å². The van der Waals surface area contributed by atoms with E-state index >= 15 is 0 Å². The second kappa shape index (κ2) is 6.89. The Morgan fingerprint density at radius 1 is 1.40 bits per heavy atom. The maximum atomic E-state index is 13.1. The fourth-order valence-electron chi connectivity index (χ4n) is 2.23. The highest BCUT2D eigenvalue weighted by molar-refractivity contribution is 7.89. The molecule has 2 N–H and O–H groups in total. The van der Waals surface area contributed by atoms with E-state index in [0.29, 0.717) is 17.6 Å². The van der Waals surface area contributed by atoms with Crippen LogP contribution < -0.4 is 10.0 Å². The molecule has 1 heterocycles. The molecule has 10 heteroatoms. The van der Waals surface area contributed by atoms with E-state index in [4.69, 9.17) is 4.52 Å². The van der Waals surface area contributed by atoms with E-state index in [1.807, 2.05) is 0 Å². The average molecular weight is 368 g/mol. The van der Waals surface area contributed by atoms with Crippen molar-refractivity contribution in [1.29, 1.82) is 0 Å². The van der Waals surface area contributed by atoms with Gasteiger partial charge in [-0.2, -0.15) is 4.98 Å². The molecule has 1 amide bonds. The minimum atomic E-state index is -3.91. The Balaban J connectivity index is 1.52. The number of rotatable bonds is 7. The third-order valence-corrected chi connectivity index (χ3v) is 5.26. The molecule has 0 saturated heterocycles. The summed E-state index contributed by atoms with van der Waals surface area (Å²) in [4.78, 5) is 15.9. The SMILES string of the molecule is Cc1cc(F)ccc1S(=O)(=O)NCC(=O)NCc1noc(C2CC2)n1. The molecule has 0 aliphatic heterocycles. The summed E-state index contributed by atoms with van der Waals surface area (Å²) < 4.78 is 44.7. The second-order valence-corrected chi connectivity index (χ2v) is 7.57. The Kier molecular flexibility index (Phi) is 4.82. The molecule has 1 aromatic carbocycles. The van der Waals surface area contributed by atoms with E-state index in [-0.39, 0.29) is 17.0 Å². The van der Waals surface area contributed by atoms with Crippen molar-refractivity contribution in [3.05, 3.63) is 41.3 Å². The molecule has 2 aromatic rings. The molecule has 1 aliphatic rings. The van der Waals surface area contributed by atoms with Crippen LogP contribution in [0.1, 0.15) is 36.0 Å². The molecule has 0 unspecified atom stereocenters. The second-order valence-electron chi connectivity index (χ2n) is 5.83. The highest BCUT2D eigenvalue weighted by atomic mass is 32.2. The first-order chi connectivity index (χ1) is 11.8. The lowest BCUT2D eigenvalue weighted by molar-refractivity contribution is -0.120. The summed E-state index contributed by atoms with van der Waals surface area (Å²) in [5.41, 5.74) is 0.257. The molecule has 1 aliphatic carbocycles. The van der Waals surface area contributed by atoms with Gasteiger partial charge in [-0.25, -0.2) is 17.5 Å². The van der Waals surface area contributed by atoms with E-state index in [1.54, 1.807) is 0 Å². The third kappa shape index (κ3) is 4.40. The lowest BCUT2D eigenvalue weighted by Crippen LogP contribution is -2.37. The van der Waals surface area contributed by atoms with Gasteiger partial charge in [-0.1, -0.05) is 5.16 Å². The summed E-state index contributed by atoms with van der Waals surface area (Å²) in [7, 11) is -3.91. The topological polar surface area (TPSA) is 114 Å². The quantitative estimate of drug-likeness (QED) is 0.753. The van der Waals surface area contributed by atoms with Crippen molar-refractivity contribution in [2.45, 2.75) is 37.1 Å². The van der Waals surface area contributed by atoms with Gasteiger partial charge in [0.05, 0.1) is 18.0 Å². The van der Waals surface area contributed by atoms with Crippen LogP contribution in [0.5, 0.6) is 0 Å². The van der Waals surface area contributed by atoms with E-state index in [1.165, 1.54) is 6.92 Å². The first-order valence-electron chi connectivity index (χ1n) is 7.70. The van der Waals surface area contributed by atoms with Crippen LogP contribution in [0.4, 0.5) is 4.39 Å². The number of aryl methyl sites for hydroxylation is 1. The van der Waals surface area contributed by atoms with Gasteiger partial charge in [0.15, 0.2) is 5.82 Å². The van der Waals surface area contributed by atoms with Crippen molar-refractivity contribution in [3.8, 4) is 0 Å². The van der Waals surface area contributed by atoms with Crippen molar-refractivity contribution in [1.82, 2.24) is 20.2 Å². The Bertz CT molecular complexity index is 893. The smallest absolute Gasteiger partial charge is 0.241 e. The van der Waals surface area contributed by atoms with Gasteiger partial charge in [-0.3, -0.25) is 4.79 Å². The molecule has 1 fully saturated rings. The van der Waals surface area contributed by atoms with Crippen LogP contribution in [0.25, 0.3) is 0 Å². The number of hydrogen-bond acceptors (Lipinski definition) is 6. The maximum absolute atomic E-state index is 13.1. The number of aromatic nitrogens is 2. The zero-order chi connectivity index (χ0) is 18.0. The third-order valence-electron chi connectivity index (χ3n) is 3.70. The number of halogens is 1. The molecule has 0 spiro atoms. The van der Waals surface area contributed by atoms with Crippen LogP contribution in [-0.2, 0) is 21.4 Å². The summed E-state index contributed by atoms with van der Waals surface area (Å²) >= 11 is 0. The summed E-state index contributed by atoms with van der Waals surface area (Å²) in [5.74, 6) is 0.160. The monoisotopic (exact) mass is 368 g/mol. The molecule has 1 aromatic heterocycles. The number of nitrogens with zero attached hydrogens (tertiary/aromatic N) is 2. The number of benzene rings is 1. The van der Waals surface area contributed by atoms with Gasteiger partial charge < -0.3 is 9.84 Å². The summed E-state index contributed by atoms with van der Waals surface area (Å²) in [6.07, 6.45) is 2.05. The molecule has 0 bridgehead atoms. The van der Waals surface area contributed by atoms with E-state index < -0.39 is 28.3 Å².